The summed E-state index contributed by atoms with van der Waals surface area (Å²) in [6.07, 6.45) is 15.2. The molecule has 2 fully saturated rings. The second-order valence-electron chi connectivity index (χ2n) is 5.82. The smallest absolute Gasteiger partial charge is 0.0923 e. The highest BCUT2D eigenvalue weighted by molar-refractivity contribution is 6.44. The van der Waals surface area contributed by atoms with Crippen LogP contribution in [0.15, 0.2) is 0 Å². The molecule has 2 rings (SSSR count). The van der Waals surface area contributed by atoms with Crippen LogP contribution in [0.25, 0.3) is 0 Å². The van der Waals surface area contributed by atoms with Gasteiger partial charge in [0.25, 0.3) is 0 Å². The SMILES string of the molecule is [SiH3]C[SiH2]N(C1CCCCC1)C1CCCCC1. The minimum atomic E-state index is 0.141. The first-order chi connectivity index (χ1) is 7.92. The van der Waals surface area contributed by atoms with Gasteiger partial charge in [-0.2, -0.15) is 0 Å². The molecule has 2 aliphatic carbocycles. The van der Waals surface area contributed by atoms with Gasteiger partial charge >= 0.3 is 0 Å². The Morgan fingerprint density at radius 3 is 1.62 bits per heavy atom. The van der Waals surface area contributed by atoms with Crippen molar-refractivity contribution in [3.8, 4) is 0 Å². The van der Waals surface area contributed by atoms with Gasteiger partial charge in [-0.15, -0.1) is 0 Å². The Kier molecular flexibility index (Phi) is 5.59. The monoisotopic (exact) mass is 255 g/mol. The van der Waals surface area contributed by atoms with Crippen molar-refractivity contribution in [2.45, 2.75) is 82.0 Å². The molecule has 16 heavy (non-hydrogen) atoms. The Morgan fingerprint density at radius 2 is 1.25 bits per heavy atom. The van der Waals surface area contributed by atoms with Crippen molar-refractivity contribution in [2.24, 2.45) is 0 Å². The maximum absolute atomic E-state index is 3.07. The third-order valence-corrected chi connectivity index (χ3v) is 7.91. The summed E-state index contributed by atoms with van der Waals surface area (Å²) in [5.41, 5.74) is 1.62. The minimum absolute atomic E-state index is 0.141. The van der Waals surface area contributed by atoms with Crippen molar-refractivity contribution < 1.29 is 0 Å². The van der Waals surface area contributed by atoms with E-state index < -0.39 is 0 Å². The summed E-state index contributed by atoms with van der Waals surface area (Å²) in [6, 6.07) is 2.05. The highest BCUT2D eigenvalue weighted by Gasteiger charge is 2.27. The first-order valence-corrected chi connectivity index (χ1v) is 10.7. The first-order valence-electron chi connectivity index (χ1n) is 7.67. The van der Waals surface area contributed by atoms with Gasteiger partial charge in [0.15, 0.2) is 0 Å². The number of rotatable bonds is 4. The van der Waals surface area contributed by atoms with Crippen molar-refractivity contribution in [1.82, 2.24) is 4.57 Å². The average Bonchev–Trinajstić information content (AvgIpc) is 2.38. The molecule has 0 aromatic rings. The molecule has 0 aliphatic heterocycles. The van der Waals surface area contributed by atoms with E-state index in [1.807, 2.05) is 0 Å². The summed E-state index contributed by atoms with van der Waals surface area (Å²) in [5, 5.41) is 0. The number of nitrogens with zero attached hydrogens (tertiary/aromatic N) is 1. The van der Waals surface area contributed by atoms with Gasteiger partial charge in [0.1, 0.15) is 0 Å². The third kappa shape index (κ3) is 3.44. The van der Waals surface area contributed by atoms with Gasteiger partial charge in [0.2, 0.25) is 0 Å². The fraction of sp³-hybridized carbons (Fsp3) is 1.00. The van der Waals surface area contributed by atoms with E-state index in [9.17, 15) is 0 Å². The molecule has 0 unspecified atom stereocenters. The van der Waals surface area contributed by atoms with Crippen LogP contribution in [0, 0.1) is 0 Å². The van der Waals surface area contributed by atoms with E-state index in [2.05, 4.69) is 4.57 Å². The zero-order valence-electron chi connectivity index (χ0n) is 11.1. The van der Waals surface area contributed by atoms with Crippen LogP contribution >= 0.6 is 0 Å². The lowest BCUT2D eigenvalue weighted by atomic mass is 9.91. The van der Waals surface area contributed by atoms with Crippen molar-refractivity contribution in [1.29, 1.82) is 0 Å². The van der Waals surface area contributed by atoms with Crippen LogP contribution in [0.3, 0.4) is 0 Å². The minimum Gasteiger partial charge on any atom is -0.324 e. The highest BCUT2D eigenvalue weighted by atomic mass is 28.3. The van der Waals surface area contributed by atoms with Gasteiger partial charge in [0, 0.05) is 22.3 Å². The molecule has 0 aromatic carbocycles. The number of hydrogen-bond donors (Lipinski definition) is 0. The summed E-state index contributed by atoms with van der Waals surface area (Å²) in [5.74, 6) is 0. The van der Waals surface area contributed by atoms with Gasteiger partial charge in [0.05, 0.1) is 9.68 Å². The van der Waals surface area contributed by atoms with Crippen molar-refractivity contribution in [3.05, 3.63) is 0 Å². The van der Waals surface area contributed by atoms with Crippen molar-refractivity contribution in [3.63, 3.8) is 0 Å². The van der Waals surface area contributed by atoms with Crippen molar-refractivity contribution in [2.75, 3.05) is 0 Å². The molecule has 0 aromatic heterocycles. The maximum atomic E-state index is 3.07. The lowest BCUT2D eigenvalue weighted by Crippen LogP contribution is -2.47. The van der Waals surface area contributed by atoms with Crippen LogP contribution in [0.2, 0.25) is 5.67 Å². The molecule has 0 bridgehead atoms. The quantitative estimate of drug-likeness (QED) is 0.692. The van der Waals surface area contributed by atoms with E-state index in [1.54, 1.807) is 5.67 Å². The molecule has 94 valence electrons. The third-order valence-electron chi connectivity index (χ3n) is 4.57. The van der Waals surface area contributed by atoms with Crippen LogP contribution in [0.1, 0.15) is 64.2 Å². The Morgan fingerprint density at radius 1 is 0.812 bits per heavy atom. The Hall–Kier alpha value is 0.394. The lowest BCUT2D eigenvalue weighted by molar-refractivity contribution is 0.170. The second kappa shape index (κ2) is 6.97. The largest absolute Gasteiger partial charge is 0.324 e. The van der Waals surface area contributed by atoms with E-state index in [4.69, 9.17) is 0 Å². The molecule has 0 atom stereocenters. The topological polar surface area (TPSA) is 3.24 Å². The predicted molar refractivity (Wildman–Crippen MR) is 78.9 cm³/mol. The second-order valence-corrected chi connectivity index (χ2v) is 11.0. The average molecular weight is 256 g/mol. The molecule has 2 saturated carbocycles. The highest BCUT2D eigenvalue weighted by Crippen LogP contribution is 2.29. The molecule has 0 radical (unpaired) electrons. The summed E-state index contributed by atoms with van der Waals surface area (Å²) < 4.78 is 3.07. The zero-order valence-corrected chi connectivity index (χ0v) is 14.5. The molecular weight excluding hydrogens is 226 g/mol. The summed E-state index contributed by atoms with van der Waals surface area (Å²) in [7, 11) is 1.59. The molecule has 0 saturated heterocycles. The lowest BCUT2D eigenvalue weighted by Gasteiger charge is -2.42. The van der Waals surface area contributed by atoms with Crippen LogP contribution < -0.4 is 0 Å². The van der Waals surface area contributed by atoms with Gasteiger partial charge in [-0.3, -0.25) is 0 Å². The van der Waals surface area contributed by atoms with E-state index in [1.165, 1.54) is 74.5 Å². The summed E-state index contributed by atoms with van der Waals surface area (Å²) in [4.78, 5) is 0. The molecule has 0 heterocycles. The molecule has 0 spiro atoms. The van der Waals surface area contributed by atoms with Crippen LogP contribution in [0.5, 0.6) is 0 Å². The number of hydrogen-bond acceptors (Lipinski definition) is 1. The van der Waals surface area contributed by atoms with Crippen LogP contribution in [-0.2, 0) is 0 Å². The fourth-order valence-electron chi connectivity index (χ4n) is 3.75. The van der Waals surface area contributed by atoms with E-state index in [-0.39, 0.29) is 9.68 Å². The molecule has 0 amide bonds. The van der Waals surface area contributed by atoms with Crippen molar-refractivity contribution >= 4 is 19.9 Å². The Balaban J connectivity index is 1.91. The molecule has 1 nitrogen and oxygen atoms in total. The van der Waals surface area contributed by atoms with Gasteiger partial charge in [-0.25, -0.2) is 0 Å². The van der Waals surface area contributed by atoms with Crippen LogP contribution in [0.4, 0.5) is 0 Å². The maximum Gasteiger partial charge on any atom is 0.0923 e. The first kappa shape index (κ1) is 12.8. The van der Waals surface area contributed by atoms with E-state index in [0.29, 0.717) is 0 Å². The summed E-state index contributed by atoms with van der Waals surface area (Å²) in [6.45, 7) is 0. The predicted octanol–water partition coefficient (Wildman–Crippen LogP) is 1.78. The fourth-order valence-corrected chi connectivity index (χ4v) is 7.27. The Bertz CT molecular complexity index is 168. The van der Waals surface area contributed by atoms with Gasteiger partial charge in [-0.1, -0.05) is 44.2 Å². The normalized spacial score (nSPS) is 26.1. The summed E-state index contributed by atoms with van der Waals surface area (Å²) >= 11 is 0. The molecule has 0 N–H and O–H groups in total. The Labute approximate surface area is 107 Å². The molecule has 3 heteroatoms. The van der Waals surface area contributed by atoms with E-state index in [0.717, 1.165) is 12.1 Å². The van der Waals surface area contributed by atoms with E-state index >= 15 is 0 Å². The standard InChI is InChI=1S/C13H29NSi2/c15-11-16-14(12-7-3-1-4-8-12)13-9-5-2-6-10-13/h12-13H,1-11,16H2,15H3. The molecular formula is C13H29NSi2. The molecule has 2 aliphatic rings. The zero-order chi connectivity index (χ0) is 11.2. The van der Waals surface area contributed by atoms with Gasteiger partial charge in [-0.05, 0) is 25.7 Å². The van der Waals surface area contributed by atoms with Gasteiger partial charge < -0.3 is 4.57 Å². The van der Waals surface area contributed by atoms with Crippen LogP contribution in [-0.4, -0.2) is 36.6 Å².